The summed E-state index contributed by atoms with van der Waals surface area (Å²) in [4.78, 5) is 7.71. The molecule has 0 aliphatic carbocycles. The molecule has 0 amide bonds. The monoisotopic (exact) mass is 308 g/mol. The second kappa shape index (κ2) is 4.97. The molecule has 5 nitrogen and oxygen atoms in total. The van der Waals surface area contributed by atoms with Crippen LogP contribution in [0.2, 0.25) is 0 Å². The molecule has 0 aliphatic heterocycles. The van der Waals surface area contributed by atoms with Gasteiger partial charge >= 0.3 is 6.18 Å². The van der Waals surface area contributed by atoms with Gasteiger partial charge in [-0.05, 0) is 38.1 Å². The van der Waals surface area contributed by atoms with Crippen molar-refractivity contribution in [2.24, 2.45) is 0 Å². The number of hydrogen-bond acceptors (Lipinski definition) is 4. The summed E-state index contributed by atoms with van der Waals surface area (Å²) in [6.07, 6.45) is -3.22. The molecule has 0 radical (unpaired) electrons. The molecule has 0 aliphatic rings. The summed E-state index contributed by atoms with van der Waals surface area (Å²) < 4.78 is 45.6. The third-order valence-electron chi connectivity index (χ3n) is 2.98. The predicted octanol–water partition coefficient (Wildman–Crippen LogP) is 3.56. The Bertz CT molecular complexity index is 806. The van der Waals surface area contributed by atoms with Crippen molar-refractivity contribution in [2.45, 2.75) is 20.0 Å². The van der Waals surface area contributed by atoms with Gasteiger partial charge in [-0.15, -0.1) is 0 Å². The lowest BCUT2D eigenvalue weighted by Crippen LogP contribution is -2.14. The average Bonchev–Trinajstić information content (AvgIpc) is 3.07. The van der Waals surface area contributed by atoms with Crippen molar-refractivity contribution in [3.63, 3.8) is 0 Å². The van der Waals surface area contributed by atoms with Gasteiger partial charge in [-0.1, -0.05) is 0 Å². The van der Waals surface area contributed by atoms with Crippen molar-refractivity contribution < 1.29 is 17.6 Å². The number of aryl methyl sites for hydroxylation is 2. The Labute approximate surface area is 123 Å². The first-order chi connectivity index (χ1) is 10.3. The molecule has 3 rings (SSSR count). The Morgan fingerprint density at radius 2 is 1.91 bits per heavy atom. The van der Waals surface area contributed by atoms with Crippen LogP contribution in [0.25, 0.3) is 17.4 Å². The van der Waals surface area contributed by atoms with E-state index in [1.165, 1.54) is 17.0 Å². The number of alkyl halides is 3. The van der Waals surface area contributed by atoms with Crippen molar-refractivity contribution in [1.29, 1.82) is 0 Å². The summed E-state index contributed by atoms with van der Waals surface area (Å²) in [5, 5.41) is 4.12. The molecular weight excluding hydrogens is 297 g/mol. The van der Waals surface area contributed by atoms with E-state index in [-0.39, 0.29) is 17.4 Å². The van der Waals surface area contributed by atoms with Gasteiger partial charge < -0.3 is 4.42 Å². The van der Waals surface area contributed by atoms with Gasteiger partial charge in [-0.3, -0.25) is 0 Å². The minimum atomic E-state index is -4.59. The fourth-order valence-electron chi connectivity index (χ4n) is 2.06. The van der Waals surface area contributed by atoms with Gasteiger partial charge in [0.1, 0.15) is 5.69 Å². The number of halogens is 3. The van der Waals surface area contributed by atoms with Gasteiger partial charge in [0.25, 0.3) is 5.95 Å². The Morgan fingerprint density at radius 1 is 1.14 bits per heavy atom. The molecule has 0 saturated carbocycles. The van der Waals surface area contributed by atoms with Crippen LogP contribution in [0, 0.1) is 13.8 Å². The summed E-state index contributed by atoms with van der Waals surface area (Å²) in [6.45, 7) is 3.46. The van der Waals surface area contributed by atoms with Crippen LogP contribution in [0.5, 0.6) is 0 Å². The smallest absolute Gasteiger partial charge is 0.433 e. The summed E-state index contributed by atoms with van der Waals surface area (Å²) in [7, 11) is 0. The largest absolute Gasteiger partial charge is 0.463 e. The lowest BCUT2D eigenvalue weighted by molar-refractivity contribution is -0.141. The summed E-state index contributed by atoms with van der Waals surface area (Å²) in [5.41, 5.74) is 0.312. The van der Waals surface area contributed by atoms with Crippen molar-refractivity contribution >= 4 is 0 Å². The van der Waals surface area contributed by atoms with E-state index in [1.807, 2.05) is 0 Å². The van der Waals surface area contributed by atoms with Gasteiger partial charge in [-0.2, -0.15) is 18.3 Å². The first kappa shape index (κ1) is 14.3. The van der Waals surface area contributed by atoms with E-state index in [9.17, 15) is 13.2 Å². The highest BCUT2D eigenvalue weighted by molar-refractivity contribution is 5.53. The van der Waals surface area contributed by atoms with Gasteiger partial charge in [-0.25, -0.2) is 14.6 Å². The number of nitrogens with zero attached hydrogens (tertiary/aromatic N) is 4. The quantitative estimate of drug-likeness (QED) is 0.726. The molecule has 0 N–H and O–H groups in total. The molecule has 3 heterocycles. The zero-order valence-electron chi connectivity index (χ0n) is 11.7. The molecule has 3 aromatic heterocycles. The molecule has 3 aromatic rings. The second-order valence-corrected chi connectivity index (χ2v) is 4.75. The summed E-state index contributed by atoms with van der Waals surface area (Å²) in [5.74, 6) is 0.0857. The third-order valence-corrected chi connectivity index (χ3v) is 2.98. The van der Waals surface area contributed by atoms with E-state index in [2.05, 4.69) is 15.1 Å². The number of hydrogen-bond donors (Lipinski definition) is 0. The topological polar surface area (TPSA) is 56.7 Å². The molecule has 0 spiro atoms. The van der Waals surface area contributed by atoms with E-state index in [0.29, 0.717) is 11.4 Å². The Balaban J connectivity index is 2.22. The Kier molecular flexibility index (Phi) is 3.23. The second-order valence-electron chi connectivity index (χ2n) is 4.75. The van der Waals surface area contributed by atoms with Crippen molar-refractivity contribution in [1.82, 2.24) is 19.7 Å². The summed E-state index contributed by atoms with van der Waals surface area (Å²) in [6, 6.07) is 5.70. The highest BCUT2D eigenvalue weighted by atomic mass is 19.4. The van der Waals surface area contributed by atoms with Crippen LogP contribution in [0.1, 0.15) is 17.1 Å². The van der Waals surface area contributed by atoms with Crippen LogP contribution in [0.15, 0.2) is 34.9 Å². The van der Waals surface area contributed by atoms with Crippen LogP contribution in [-0.2, 0) is 6.18 Å². The predicted molar refractivity (Wildman–Crippen MR) is 71.3 cm³/mol. The molecule has 0 aromatic carbocycles. The molecule has 0 unspecified atom stereocenters. The van der Waals surface area contributed by atoms with E-state index in [4.69, 9.17) is 4.42 Å². The van der Waals surface area contributed by atoms with E-state index < -0.39 is 11.9 Å². The molecule has 0 bridgehead atoms. The number of aromatic nitrogens is 4. The maximum atomic E-state index is 13.1. The SMILES string of the molecule is Cc1cc(C)n(-c2nc(-c3ccco3)cc(C(F)(F)F)n2)n1. The van der Waals surface area contributed by atoms with Crippen LogP contribution in [0.3, 0.4) is 0 Å². The van der Waals surface area contributed by atoms with Crippen molar-refractivity contribution in [3.8, 4) is 17.4 Å². The van der Waals surface area contributed by atoms with Crippen LogP contribution < -0.4 is 0 Å². The normalized spacial score (nSPS) is 11.9. The molecule has 8 heteroatoms. The maximum absolute atomic E-state index is 13.1. The van der Waals surface area contributed by atoms with E-state index in [1.54, 1.807) is 26.0 Å². The molecule has 0 saturated heterocycles. The molecule has 0 atom stereocenters. The van der Waals surface area contributed by atoms with Gasteiger partial charge in [0.05, 0.1) is 12.0 Å². The lowest BCUT2D eigenvalue weighted by atomic mass is 10.2. The Morgan fingerprint density at radius 3 is 2.45 bits per heavy atom. The highest BCUT2D eigenvalue weighted by Crippen LogP contribution is 2.31. The third kappa shape index (κ3) is 2.59. The van der Waals surface area contributed by atoms with Crippen LogP contribution >= 0.6 is 0 Å². The molecule has 114 valence electrons. The molecule has 0 fully saturated rings. The van der Waals surface area contributed by atoms with Gasteiger partial charge in [0, 0.05) is 5.69 Å². The van der Waals surface area contributed by atoms with E-state index >= 15 is 0 Å². The number of furan rings is 1. The first-order valence-electron chi connectivity index (χ1n) is 6.38. The lowest BCUT2D eigenvalue weighted by Gasteiger charge is -2.10. The van der Waals surface area contributed by atoms with Gasteiger partial charge in [0.15, 0.2) is 11.5 Å². The molecule has 22 heavy (non-hydrogen) atoms. The zero-order valence-corrected chi connectivity index (χ0v) is 11.7. The van der Waals surface area contributed by atoms with Crippen molar-refractivity contribution in [2.75, 3.05) is 0 Å². The van der Waals surface area contributed by atoms with E-state index in [0.717, 1.165) is 6.07 Å². The van der Waals surface area contributed by atoms with Gasteiger partial charge in [0.2, 0.25) is 0 Å². The number of rotatable bonds is 2. The maximum Gasteiger partial charge on any atom is 0.433 e. The van der Waals surface area contributed by atoms with Crippen LogP contribution in [0.4, 0.5) is 13.2 Å². The minimum absolute atomic E-state index is 0.0508. The minimum Gasteiger partial charge on any atom is -0.463 e. The molecular formula is C14H11F3N4O. The Hall–Kier alpha value is -2.64. The highest BCUT2D eigenvalue weighted by Gasteiger charge is 2.34. The standard InChI is InChI=1S/C14H11F3N4O/c1-8-6-9(2)21(20-8)13-18-10(11-4-3-5-22-11)7-12(19-13)14(15,16)17/h3-7H,1-2H3. The fraction of sp³-hybridized carbons (Fsp3) is 0.214. The fourth-order valence-corrected chi connectivity index (χ4v) is 2.06. The first-order valence-corrected chi connectivity index (χ1v) is 6.38. The summed E-state index contributed by atoms with van der Waals surface area (Å²) >= 11 is 0. The van der Waals surface area contributed by atoms with Crippen LogP contribution in [-0.4, -0.2) is 19.7 Å². The average molecular weight is 308 g/mol. The zero-order chi connectivity index (χ0) is 15.9. The van der Waals surface area contributed by atoms with Crippen molar-refractivity contribution in [3.05, 3.63) is 47.6 Å².